The van der Waals surface area contributed by atoms with Crippen LogP contribution in [0.15, 0.2) is 12.3 Å². The van der Waals surface area contributed by atoms with E-state index in [1.54, 1.807) is 0 Å². The first kappa shape index (κ1) is 15.4. The molecule has 6 nitrogen and oxygen atoms in total. The summed E-state index contributed by atoms with van der Waals surface area (Å²) in [6.07, 6.45) is 10.4. The van der Waals surface area contributed by atoms with Gasteiger partial charge in [0.05, 0.1) is 0 Å². The molecule has 1 aliphatic heterocycles. The van der Waals surface area contributed by atoms with E-state index < -0.39 is 0 Å². The van der Waals surface area contributed by atoms with Crippen LogP contribution in [0.3, 0.4) is 0 Å². The molecule has 130 valence electrons. The van der Waals surface area contributed by atoms with Gasteiger partial charge in [-0.25, -0.2) is 4.98 Å². The number of H-pyrrole nitrogens is 1. The highest BCUT2D eigenvalue weighted by atomic mass is 15.3. The van der Waals surface area contributed by atoms with Gasteiger partial charge in [0.25, 0.3) is 0 Å². The summed E-state index contributed by atoms with van der Waals surface area (Å²) in [5.74, 6) is 3.28. The molecule has 1 saturated carbocycles. The number of anilines is 3. The van der Waals surface area contributed by atoms with Crippen LogP contribution in [-0.2, 0) is 6.42 Å². The summed E-state index contributed by atoms with van der Waals surface area (Å²) in [6, 6.07) is 2.12. The van der Waals surface area contributed by atoms with Gasteiger partial charge in [-0.2, -0.15) is 10.1 Å². The monoisotopic (exact) mass is 328 g/mol. The number of aryl methyl sites for hydroxylation is 1. The molecular weight excluding hydrogens is 300 g/mol. The zero-order chi connectivity index (χ0) is 16.4. The van der Waals surface area contributed by atoms with Gasteiger partial charge in [-0.15, -0.1) is 0 Å². The van der Waals surface area contributed by atoms with Crippen molar-refractivity contribution in [2.45, 2.75) is 57.8 Å². The Labute approximate surface area is 144 Å². The molecule has 2 fully saturated rings. The molecule has 2 aromatic heterocycles. The zero-order valence-electron chi connectivity index (χ0n) is 14.4. The van der Waals surface area contributed by atoms with Crippen molar-refractivity contribution in [1.29, 1.82) is 0 Å². The van der Waals surface area contributed by atoms with Gasteiger partial charge in [-0.05, 0) is 38.5 Å². The second-order valence-electron chi connectivity index (χ2n) is 6.95. The molecule has 0 aromatic carbocycles. The van der Waals surface area contributed by atoms with Gasteiger partial charge >= 0.3 is 0 Å². The Balaban J connectivity index is 0.00000182. The summed E-state index contributed by atoms with van der Waals surface area (Å²) in [4.78, 5) is 11.7. The van der Waals surface area contributed by atoms with E-state index >= 15 is 0 Å². The Morgan fingerprint density at radius 1 is 1.29 bits per heavy atom. The highest BCUT2D eigenvalue weighted by Gasteiger charge is 2.25. The molecular formula is C18H28N6. The molecule has 24 heavy (non-hydrogen) atoms. The van der Waals surface area contributed by atoms with E-state index in [9.17, 15) is 0 Å². The van der Waals surface area contributed by atoms with E-state index in [0.29, 0.717) is 5.92 Å². The molecule has 1 aliphatic carbocycles. The fourth-order valence-electron chi connectivity index (χ4n) is 3.33. The fraction of sp³-hybridized carbons (Fsp3) is 0.611. The second-order valence-corrected chi connectivity index (χ2v) is 6.95. The first-order chi connectivity index (χ1) is 11.8. The lowest BCUT2D eigenvalue weighted by molar-refractivity contribution is 0.568. The maximum absolute atomic E-state index is 4.83. The van der Waals surface area contributed by atoms with Crippen LogP contribution < -0.4 is 10.2 Å². The van der Waals surface area contributed by atoms with Crippen LogP contribution in [0.2, 0.25) is 0 Å². The van der Waals surface area contributed by atoms with E-state index in [4.69, 9.17) is 4.98 Å². The van der Waals surface area contributed by atoms with Gasteiger partial charge in [0.2, 0.25) is 5.95 Å². The van der Waals surface area contributed by atoms with Crippen molar-refractivity contribution < 1.29 is 1.43 Å². The Bertz CT molecular complexity index is 691. The van der Waals surface area contributed by atoms with Crippen LogP contribution in [-0.4, -0.2) is 33.3 Å². The van der Waals surface area contributed by atoms with Gasteiger partial charge in [-0.1, -0.05) is 13.3 Å². The molecule has 3 heterocycles. The summed E-state index contributed by atoms with van der Waals surface area (Å²) >= 11 is 0. The number of rotatable bonds is 6. The SMILES string of the molecule is CCCc1cnc(N2CCCCC2)nc1Nc1cc(C2CC2)[nH]n1.[HH]. The van der Waals surface area contributed by atoms with E-state index in [0.717, 1.165) is 49.1 Å². The number of aromatic amines is 1. The fourth-order valence-corrected chi connectivity index (χ4v) is 3.33. The van der Waals surface area contributed by atoms with Gasteiger partial charge in [0.15, 0.2) is 5.82 Å². The van der Waals surface area contributed by atoms with Crippen molar-refractivity contribution in [3.8, 4) is 0 Å². The number of hydrogen-bond acceptors (Lipinski definition) is 5. The van der Waals surface area contributed by atoms with Gasteiger partial charge in [0.1, 0.15) is 5.82 Å². The maximum Gasteiger partial charge on any atom is 0.227 e. The molecule has 0 radical (unpaired) electrons. The molecule has 0 spiro atoms. The molecule has 1 saturated heterocycles. The highest BCUT2D eigenvalue weighted by molar-refractivity contribution is 5.58. The maximum atomic E-state index is 4.83. The molecule has 6 heteroatoms. The zero-order valence-corrected chi connectivity index (χ0v) is 14.4. The summed E-state index contributed by atoms with van der Waals surface area (Å²) in [7, 11) is 0. The van der Waals surface area contributed by atoms with Crippen LogP contribution in [0.25, 0.3) is 0 Å². The minimum absolute atomic E-state index is 0. The van der Waals surface area contributed by atoms with Crippen LogP contribution in [0.4, 0.5) is 17.6 Å². The van der Waals surface area contributed by atoms with Crippen molar-refractivity contribution in [2.24, 2.45) is 0 Å². The molecule has 2 aromatic rings. The predicted octanol–water partition coefficient (Wildman–Crippen LogP) is 4.01. The molecule has 0 amide bonds. The lowest BCUT2D eigenvalue weighted by Gasteiger charge is -2.27. The average molecular weight is 328 g/mol. The lowest BCUT2D eigenvalue weighted by Crippen LogP contribution is -2.31. The smallest absolute Gasteiger partial charge is 0.227 e. The number of aromatic nitrogens is 4. The lowest BCUT2D eigenvalue weighted by atomic mass is 10.1. The Morgan fingerprint density at radius 2 is 2.12 bits per heavy atom. The minimum atomic E-state index is 0. The summed E-state index contributed by atoms with van der Waals surface area (Å²) in [5.41, 5.74) is 2.40. The van der Waals surface area contributed by atoms with Crippen molar-refractivity contribution >= 4 is 17.6 Å². The molecule has 2 aliphatic rings. The summed E-state index contributed by atoms with van der Waals surface area (Å²) < 4.78 is 0. The molecule has 0 unspecified atom stereocenters. The Kier molecular flexibility index (Phi) is 4.36. The number of hydrogen-bond donors (Lipinski definition) is 2. The summed E-state index contributed by atoms with van der Waals surface area (Å²) in [6.45, 7) is 4.30. The third kappa shape index (κ3) is 3.37. The number of nitrogens with one attached hydrogen (secondary N) is 2. The third-order valence-corrected chi connectivity index (χ3v) is 4.87. The van der Waals surface area contributed by atoms with E-state index in [1.165, 1.54) is 37.8 Å². The normalized spacial score (nSPS) is 18.0. The van der Waals surface area contributed by atoms with Crippen LogP contribution >= 0.6 is 0 Å². The minimum Gasteiger partial charge on any atom is -0.341 e. The van der Waals surface area contributed by atoms with Gasteiger partial charge in [0, 0.05) is 44.0 Å². The van der Waals surface area contributed by atoms with Crippen LogP contribution in [0.1, 0.15) is 64.1 Å². The van der Waals surface area contributed by atoms with Crippen molar-refractivity contribution in [3.63, 3.8) is 0 Å². The average Bonchev–Trinajstić information content (AvgIpc) is 3.37. The van der Waals surface area contributed by atoms with Crippen molar-refractivity contribution in [3.05, 3.63) is 23.5 Å². The molecule has 0 atom stereocenters. The van der Waals surface area contributed by atoms with Crippen molar-refractivity contribution in [1.82, 2.24) is 20.2 Å². The number of piperidine rings is 1. The van der Waals surface area contributed by atoms with Crippen molar-refractivity contribution in [2.75, 3.05) is 23.3 Å². The largest absolute Gasteiger partial charge is 0.341 e. The van der Waals surface area contributed by atoms with Gasteiger partial charge in [-0.3, -0.25) is 5.10 Å². The first-order valence-electron chi connectivity index (χ1n) is 9.26. The summed E-state index contributed by atoms with van der Waals surface area (Å²) in [5, 5.41) is 11.0. The molecule has 0 bridgehead atoms. The highest BCUT2D eigenvalue weighted by Crippen LogP contribution is 2.39. The van der Waals surface area contributed by atoms with E-state index in [2.05, 4.69) is 38.4 Å². The number of nitrogens with zero attached hydrogens (tertiary/aromatic N) is 4. The van der Waals surface area contributed by atoms with E-state index in [1.807, 2.05) is 6.20 Å². The third-order valence-electron chi connectivity index (χ3n) is 4.87. The van der Waals surface area contributed by atoms with E-state index in [-0.39, 0.29) is 1.43 Å². The predicted molar refractivity (Wildman–Crippen MR) is 98.1 cm³/mol. The first-order valence-corrected chi connectivity index (χ1v) is 9.26. The Morgan fingerprint density at radius 3 is 2.88 bits per heavy atom. The topological polar surface area (TPSA) is 69.7 Å². The van der Waals surface area contributed by atoms with Crippen LogP contribution in [0.5, 0.6) is 0 Å². The molecule has 2 N–H and O–H groups in total. The Hall–Kier alpha value is -2.11. The molecule has 4 rings (SSSR count). The second kappa shape index (κ2) is 6.79. The van der Waals surface area contributed by atoms with Crippen LogP contribution in [0, 0.1) is 0 Å². The quantitative estimate of drug-likeness (QED) is 0.838. The van der Waals surface area contributed by atoms with Gasteiger partial charge < -0.3 is 10.2 Å². The standard InChI is InChI=1S/C18H26N6.H2/c1-2-6-14-12-19-18(24-9-4-3-5-10-24)21-17(14)20-16-11-15(22-23-16)13-7-8-13;/h11-13H,2-10H2,1H3,(H2,19,20,21,22,23);1H.